The first-order valence-electron chi connectivity index (χ1n) is 6.87. The number of thiophene rings is 1. The van der Waals surface area contributed by atoms with Gasteiger partial charge in [0.2, 0.25) is 0 Å². The number of carbonyl (C=O) groups is 1. The molecule has 0 spiro atoms. The summed E-state index contributed by atoms with van der Waals surface area (Å²) in [6.07, 6.45) is 0.866. The molecule has 2 aromatic heterocycles. The third-order valence-electron chi connectivity index (χ3n) is 4.10. The molecular weight excluding hydrogens is 288 g/mol. The maximum atomic E-state index is 12.7. The molecule has 1 fully saturated rings. The Bertz CT molecular complexity index is 707. The zero-order valence-electron chi connectivity index (χ0n) is 12.3. The molecular formula is C14H18N4O2S. The Morgan fingerprint density at radius 3 is 2.86 bits per heavy atom. The van der Waals surface area contributed by atoms with E-state index in [0.29, 0.717) is 23.8 Å². The molecule has 0 aliphatic carbocycles. The van der Waals surface area contributed by atoms with Crippen molar-refractivity contribution in [1.29, 1.82) is 0 Å². The van der Waals surface area contributed by atoms with Crippen LogP contribution in [0.4, 0.5) is 5.69 Å². The van der Waals surface area contributed by atoms with Crippen molar-refractivity contribution >= 4 is 33.1 Å². The number of hydrogen-bond donors (Lipinski definition) is 1. The van der Waals surface area contributed by atoms with E-state index >= 15 is 0 Å². The minimum absolute atomic E-state index is 0.0666. The number of rotatable bonds is 2. The van der Waals surface area contributed by atoms with E-state index < -0.39 is 0 Å². The molecule has 7 heteroatoms. The SMILES string of the molecule is Cc1nnc2sc(C(=O)N(C)C3CCOC3)c(N)c2c1C. The van der Waals surface area contributed by atoms with Crippen molar-refractivity contribution in [1.82, 2.24) is 15.1 Å². The molecule has 3 heterocycles. The summed E-state index contributed by atoms with van der Waals surface area (Å²) in [5.41, 5.74) is 8.55. The molecule has 0 radical (unpaired) electrons. The topological polar surface area (TPSA) is 81.3 Å². The quantitative estimate of drug-likeness (QED) is 0.914. The maximum Gasteiger partial charge on any atom is 0.266 e. The van der Waals surface area contributed by atoms with E-state index in [1.807, 2.05) is 13.8 Å². The Morgan fingerprint density at radius 2 is 2.19 bits per heavy atom. The predicted octanol–water partition coefficient (Wildman–Crippen LogP) is 1.75. The minimum atomic E-state index is -0.0666. The number of ether oxygens (including phenoxy) is 1. The normalized spacial score (nSPS) is 18.3. The number of likely N-dealkylation sites (N-methyl/N-ethyl adjacent to an activating group) is 1. The average molecular weight is 306 g/mol. The molecule has 1 aliphatic rings. The van der Waals surface area contributed by atoms with Crippen molar-refractivity contribution in [3.8, 4) is 0 Å². The molecule has 1 unspecified atom stereocenters. The maximum absolute atomic E-state index is 12.7. The average Bonchev–Trinajstić information content (AvgIpc) is 3.10. The standard InChI is InChI=1S/C14H18N4O2S/c1-7-8(2)16-17-13-10(7)11(15)12(21-13)14(19)18(3)9-4-5-20-6-9/h9H,4-6,15H2,1-3H3. The number of aromatic nitrogens is 2. The number of nitrogens with zero attached hydrogens (tertiary/aromatic N) is 3. The van der Waals surface area contributed by atoms with Gasteiger partial charge in [0.15, 0.2) is 0 Å². The van der Waals surface area contributed by atoms with Crippen LogP contribution in [0.2, 0.25) is 0 Å². The van der Waals surface area contributed by atoms with Crippen LogP contribution in [0.5, 0.6) is 0 Å². The van der Waals surface area contributed by atoms with Crippen LogP contribution in [0.3, 0.4) is 0 Å². The predicted molar refractivity (Wildman–Crippen MR) is 82.6 cm³/mol. The van der Waals surface area contributed by atoms with Gasteiger partial charge in [-0.3, -0.25) is 4.79 Å². The first kappa shape index (κ1) is 14.2. The van der Waals surface area contributed by atoms with Crippen molar-refractivity contribution in [3.63, 3.8) is 0 Å². The summed E-state index contributed by atoms with van der Waals surface area (Å²) in [5, 5.41) is 9.11. The van der Waals surface area contributed by atoms with Gasteiger partial charge in [0, 0.05) is 19.0 Å². The number of anilines is 1. The van der Waals surface area contributed by atoms with Crippen molar-refractivity contribution in [2.24, 2.45) is 0 Å². The van der Waals surface area contributed by atoms with E-state index in [1.54, 1.807) is 11.9 Å². The summed E-state index contributed by atoms with van der Waals surface area (Å²) in [6, 6.07) is 0.121. The lowest BCUT2D eigenvalue weighted by atomic mass is 10.1. The van der Waals surface area contributed by atoms with Crippen LogP contribution in [0.25, 0.3) is 10.2 Å². The molecule has 2 N–H and O–H groups in total. The van der Waals surface area contributed by atoms with Gasteiger partial charge in [-0.25, -0.2) is 0 Å². The lowest BCUT2D eigenvalue weighted by Gasteiger charge is -2.22. The van der Waals surface area contributed by atoms with Crippen LogP contribution in [-0.4, -0.2) is 47.3 Å². The number of fused-ring (bicyclic) bond motifs is 1. The fourth-order valence-corrected chi connectivity index (χ4v) is 3.64. The number of amides is 1. The molecule has 0 aromatic carbocycles. The fourth-order valence-electron chi connectivity index (χ4n) is 2.55. The third-order valence-corrected chi connectivity index (χ3v) is 5.18. The summed E-state index contributed by atoms with van der Waals surface area (Å²) in [6.45, 7) is 5.14. The van der Waals surface area contributed by atoms with Crippen LogP contribution < -0.4 is 5.73 Å². The van der Waals surface area contributed by atoms with Gasteiger partial charge in [0.25, 0.3) is 5.91 Å². The van der Waals surface area contributed by atoms with E-state index in [1.165, 1.54) is 11.3 Å². The Kier molecular flexibility index (Phi) is 3.54. The van der Waals surface area contributed by atoms with E-state index in [9.17, 15) is 4.79 Å². The summed E-state index contributed by atoms with van der Waals surface area (Å²) >= 11 is 1.31. The van der Waals surface area contributed by atoms with Crippen LogP contribution in [0.15, 0.2) is 0 Å². The number of carbonyl (C=O) groups excluding carboxylic acids is 1. The Morgan fingerprint density at radius 1 is 1.43 bits per heavy atom. The van der Waals surface area contributed by atoms with Crippen molar-refractivity contribution in [2.45, 2.75) is 26.3 Å². The summed E-state index contributed by atoms with van der Waals surface area (Å²) in [4.78, 5) is 15.7. The van der Waals surface area contributed by atoms with Crippen molar-refractivity contribution in [2.75, 3.05) is 26.0 Å². The fraction of sp³-hybridized carbons (Fsp3) is 0.500. The largest absolute Gasteiger partial charge is 0.397 e. The summed E-state index contributed by atoms with van der Waals surface area (Å²) < 4.78 is 5.34. The molecule has 3 rings (SSSR count). The van der Waals surface area contributed by atoms with Crippen LogP contribution in [0, 0.1) is 13.8 Å². The third kappa shape index (κ3) is 2.26. The van der Waals surface area contributed by atoms with Gasteiger partial charge in [-0.05, 0) is 25.8 Å². The number of aryl methyl sites for hydroxylation is 2. The molecule has 6 nitrogen and oxygen atoms in total. The summed E-state index contributed by atoms with van der Waals surface area (Å²) in [5.74, 6) is -0.0666. The highest BCUT2D eigenvalue weighted by Crippen LogP contribution is 2.35. The monoisotopic (exact) mass is 306 g/mol. The zero-order valence-corrected chi connectivity index (χ0v) is 13.2. The molecule has 21 heavy (non-hydrogen) atoms. The molecule has 1 saturated heterocycles. The molecule has 1 atom stereocenters. The Balaban J connectivity index is 2.02. The van der Waals surface area contributed by atoms with E-state index in [4.69, 9.17) is 10.5 Å². The first-order valence-corrected chi connectivity index (χ1v) is 7.69. The molecule has 1 amide bonds. The van der Waals surface area contributed by atoms with Gasteiger partial charge >= 0.3 is 0 Å². The minimum Gasteiger partial charge on any atom is -0.397 e. The number of nitrogen functional groups attached to an aromatic ring is 1. The highest BCUT2D eigenvalue weighted by atomic mass is 32.1. The number of hydrogen-bond acceptors (Lipinski definition) is 6. The summed E-state index contributed by atoms with van der Waals surface area (Å²) in [7, 11) is 1.80. The molecule has 2 aromatic rings. The van der Waals surface area contributed by atoms with Crippen LogP contribution >= 0.6 is 11.3 Å². The van der Waals surface area contributed by atoms with E-state index in [0.717, 1.165) is 27.9 Å². The number of nitrogens with two attached hydrogens (primary N) is 1. The second-order valence-corrected chi connectivity index (χ2v) is 6.37. The second-order valence-electron chi connectivity index (χ2n) is 5.37. The van der Waals surface area contributed by atoms with Crippen LogP contribution in [-0.2, 0) is 4.74 Å². The molecule has 0 saturated carbocycles. The lowest BCUT2D eigenvalue weighted by Crippen LogP contribution is -2.37. The van der Waals surface area contributed by atoms with E-state index in [2.05, 4.69) is 10.2 Å². The smallest absolute Gasteiger partial charge is 0.266 e. The van der Waals surface area contributed by atoms with Gasteiger partial charge in [0.1, 0.15) is 9.71 Å². The molecule has 0 bridgehead atoms. The van der Waals surface area contributed by atoms with Crippen molar-refractivity contribution in [3.05, 3.63) is 16.1 Å². The first-order chi connectivity index (χ1) is 10.0. The van der Waals surface area contributed by atoms with Crippen molar-refractivity contribution < 1.29 is 9.53 Å². The van der Waals surface area contributed by atoms with Gasteiger partial charge in [-0.2, -0.15) is 5.10 Å². The molecule has 112 valence electrons. The Labute approximate surface area is 126 Å². The van der Waals surface area contributed by atoms with Gasteiger partial charge < -0.3 is 15.4 Å². The highest BCUT2D eigenvalue weighted by Gasteiger charge is 2.28. The zero-order chi connectivity index (χ0) is 15.1. The Hall–Kier alpha value is -1.73. The second kappa shape index (κ2) is 5.23. The lowest BCUT2D eigenvalue weighted by molar-refractivity contribution is 0.0717. The van der Waals surface area contributed by atoms with Gasteiger partial charge in [-0.1, -0.05) is 0 Å². The van der Waals surface area contributed by atoms with Gasteiger partial charge in [-0.15, -0.1) is 16.4 Å². The van der Waals surface area contributed by atoms with E-state index in [-0.39, 0.29) is 11.9 Å². The van der Waals surface area contributed by atoms with Gasteiger partial charge in [0.05, 0.1) is 24.0 Å². The van der Waals surface area contributed by atoms with Crippen LogP contribution in [0.1, 0.15) is 27.3 Å². The highest BCUT2D eigenvalue weighted by molar-refractivity contribution is 7.21. The molecule has 1 aliphatic heterocycles.